The number of carboxylic acids is 1. The quantitative estimate of drug-likeness (QED) is 0.830. The fraction of sp³-hybridized carbons (Fsp3) is 0.467. The van der Waals surface area contributed by atoms with E-state index in [0.717, 1.165) is 18.4 Å². The van der Waals surface area contributed by atoms with Gasteiger partial charge in [-0.25, -0.2) is 4.79 Å². The summed E-state index contributed by atoms with van der Waals surface area (Å²) >= 11 is 0. The number of benzene rings is 1. The number of nitrogens with one attached hydrogen (secondary N) is 1. The summed E-state index contributed by atoms with van der Waals surface area (Å²) in [6.45, 7) is 2.16. The molecule has 2 atom stereocenters. The minimum absolute atomic E-state index is 0.0915. The van der Waals surface area contributed by atoms with Gasteiger partial charge in [0.05, 0.1) is 6.04 Å². The lowest BCUT2D eigenvalue weighted by atomic mass is 10.1. The van der Waals surface area contributed by atoms with Crippen molar-refractivity contribution in [1.29, 1.82) is 0 Å². The minimum Gasteiger partial charge on any atom is -0.482 e. The maximum atomic E-state index is 11.9. The lowest BCUT2D eigenvalue weighted by Crippen LogP contribution is -2.35. The Balaban J connectivity index is 1.88. The normalized spacial score (nSPS) is 19.0. The average Bonchev–Trinajstić information content (AvgIpc) is 3.00. The Morgan fingerprint density at radius 1 is 1.43 bits per heavy atom. The number of carbonyl (C=O) groups is 2. The molecule has 1 aliphatic heterocycles. The van der Waals surface area contributed by atoms with E-state index in [-0.39, 0.29) is 24.7 Å². The van der Waals surface area contributed by atoms with Crippen molar-refractivity contribution in [1.82, 2.24) is 5.32 Å². The standard InChI is InChI=1S/C15H19NO5/c1-10(16-15(19)13-3-2-8-20-13)11-4-6-12(7-5-11)21-9-14(17)18/h4-7,10,13H,2-3,8-9H2,1H3,(H,16,19)(H,17,18)/t10?,13-/m0/s1. The number of amides is 1. The van der Waals surface area contributed by atoms with E-state index in [1.54, 1.807) is 24.3 Å². The fourth-order valence-corrected chi connectivity index (χ4v) is 2.17. The molecule has 0 aromatic heterocycles. The molecular weight excluding hydrogens is 274 g/mol. The fourth-order valence-electron chi connectivity index (χ4n) is 2.17. The predicted molar refractivity (Wildman–Crippen MR) is 75.1 cm³/mol. The largest absolute Gasteiger partial charge is 0.482 e. The van der Waals surface area contributed by atoms with Crippen LogP contribution < -0.4 is 10.1 Å². The monoisotopic (exact) mass is 293 g/mol. The predicted octanol–water partition coefficient (Wildman–Crippen LogP) is 1.51. The molecule has 1 heterocycles. The van der Waals surface area contributed by atoms with E-state index in [4.69, 9.17) is 14.6 Å². The van der Waals surface area contributed by atoms with Crippen LogP contribution in [0.5, 0.6) is 5.75 Å². The first-order valence-electron chi connectivity index (χ1n) is 6.93. The van der Waals surface area contributed by atoms with Crippen molar-refractivity contribution in [2.75, 3.05) is 13.2 Å². The van der Waals surface area contributed by atoms with Gasteiger partial charge in [-0.2, -0.15) is 0 Å². The second kappa shape index (κ2) is 7.08. The second-order valence-electron chi connectivity index (χ2n) is 4.98. The van der Waals surface area contributed by atoms with E-state index in [2.05, 4.69) is 5.32 Å². The average molecular weight is 293 g/mol. The first-order chi connectivity index (χ1) is 10.1. The van der Waals surface area contributed by atoms with E-state index >= 15 is 0 Å². The zero-order chi connectivity index (χ0) is 15.2. The van der Waals surface area contributed by atoms with Crippen molar-refractivity contribution in [3.8, 4) is 5.75 Å². The molecule has 0 aliphatic carbocycles. The molecule has 2 rings (SSSR count). The zero-order valence-corrected chi connectivity index (χ0v) is 11.9. The molecule has 1 fully saturated rings. The van der Waals surface area contributed by atoms with Crippen molar-refractivity contribution in [3.63, 3.8) is 0 Å². The lowest BCUT2D eigenvalue weighted by molar-refractivity contribution is -0.139. The van der Waals surface area contributed by atoms with Crippen LogP contribution in [0, 0.1) is 0 Å². The first kappa shape index (κ1) is 15.3. The molecule has 1 unspecified atom stereocenters. The van der Waals surface area contributed by atoms with Crippen molar-refractivity contribution in [3.05, 3.63) is 29.8 Å². The third kappa shape index (κ3) is 4.46. The number of ether oxygens (including phenoxy) is 2. The van der Waals surface area contributed by atoms with Crippen LogP contribution in [0.1, 0.15) is 31.4 Å². The molecule has 1 aromatic carbocycles. The van der Waals surface area contributed by atoms with Gasteiger partial charge in [0.1, 0.15) is 11.9 Å². The maximum absolute atomic E-state index is 11.9. The number of carboxylic acid groups (broad SMARTS) is 1. The first-order valence-corrected chi connectivity index (χ1v) is 6.93. The topological polar surface area (TPSA) is 84.9 Å². The summed E-state index contributed by atoms with van der Waals surface area (Å²) in [7, 11) is 0. The zero-order valence-electron chi connectivity index (χ0n) is 11.9. The van der Waals surface area contributed by atoms with E-state index in [1.165, 1.54) is 0 Å². The van der Waals surface area contributed by atoms with E-state index in [1.807, 2.05) is 6.92 Å². The Morgan fingerprint density at radius 3 is 2.71 bits per heavy atom. The van der Waals surface area contributed by atoms with Crippen LogP contribution in [0.2, 0.25) is 0 Å². The molecular formula is C15H19NO5. The van der Waals surface area contributed by atoms with Crippen LogP contribution in [-0.4, -0.2) is 36.3 Å². The van der Waals surface area contributed by atoms with Gasteiger partial charge in [0.2, 0.25) is 5.91 Å². The van der Waals surface area contributed by atoms with Crippen molar-refractivity contribution in [2.24, 2.45) is 0 Å². The van der Waals surface area contributed by atoms with Crippen LogP contribution in [0.15, 0.2) is 24.3 Å². The van der Waals surface area contributed by atoms with Crippen LogP contribution in [0.3, 0.4) is 0 Å². The van der Waals surface area contributed by atoms with Crippen LogP contribution in [-0.2, 0) is 14.3 Å². The van der Waals surface area contributed by atoms with Gasteiger partial charge in [-0.3, -0.25) is 4.79 Å². The highest BCUT2D eigenvalue weighted by molar-refractivity contribution is 5.81. The van der Waals surface area contributed by atoms with Crippen molar-refractivity contribution in [2.45, 2.75) is 31.9 Å². The number of aliphatic carboxylic acids is 1. The number of hydrogen-bond acceptors (Lipinski definition) is 4. The second-order valence-corrected chi connectivity index (χ2v) is 4.98. The third-order valence-corrected chi connectivity index (χ3v) is 3.32. The number of rotatable bonds is 6. The molecule has 0 bridgehead atoms. The molecule has 6 nitrogen and oxygen atoms in total. The highest BCUT2D eigenvalue weighted by atomic mass is 16.5. The minimum atomic E-state index is -1.02. The molecule has 0 spiro atoms. The molecule has 0 radical (unpaired) electrons. The van der Waals surface area contributed by atoms with E-state index in [0.29, 0.717) is 12.4 Å². The summed E-state index contributed by atoms with van der Waals surface area (Å²) in [5.41, 5.74) is 0.920. The van der Waals surface area contributed by atoms with Crippen LogP contribution in [0.4, 0.5) is 0 Å². The molecule has 1 aliphatic rings. The van der Waals surface area contributed by atoms with Crippen LogP contribution in [0.25, 0.3) is 0 Å². The molecule has 1 saturated heterocycles. The van der Waals surface area contributed by atoms with Gasteiger partial charge in [0, 0.05) is 6.61 Å². The van der Waals surface area contributed by atoms with Gasteiger partial charge in [-0.05, 0) is 37.5 Å². The van der Waals surface area contributed by atoms with Gasteiger partial charge >= 0.3 is 5.97 Å². The molecule has 21 heavy (non-hydrogen) atoms. The van der Waals surface area contributed by atoms with Gasteiger partial charge in [0.15, 0.2) is 6.61 Å². The molecule has 1 amide bonds. The van der Waals surface area contributed by atoms with Gasteiger partial charge < -0.3 is 19.9 Å². The Kier molecular flexibility index (Phi) is 5.16. The molecule has 1 aromatic rings. The number of carbonyl (C=O) groups excluding carboxylic acids is 1. The summed E-state index contributed by atoms with van der Waals surface area (Å²) in [4.78, 5) is 22.4. The van der Waals surface area contributed by atoms with Gasteiger partial charge in [-0.15, -0.1) is 0 Å². The van der Waals surface area contributed by atoms with E-state index in [9.17, 15) is 9.59 Å². The SMILES string of the molecule is CC(NC(=O)[C@@H]1CCCO1)c1ccc(OCC(=O)O)cc1. The Bertz CT molecular complexity index is 493. The smallest absolute Gasteiger partial charge is 0.341 e. The number of hydrogen-bond donors (Lipinski definition) is 2. The van der Waals surface area contributed by atoms with Crippen molar-refractivity contribution < 1.29 is 24.2 Å². The van der Waals surface area contributed by atoms with Crippen molar-refractivity contribution >= 4 is 11.9 Å². The summed E-state index contributed by atoms with van der Waals surface area (Å²) in [5, 5.41) is 11.4. The van der Waals surface area contributed by atoms with Gasteiger partial charge in [-0.1, -0.05) is 12.1 Å². The Labute approximate surface area is 123 Å². The third-order valence-electron chi connectivity index (χ3n) is 3.32. The molecule has 114 valence electrons. The summed E-state index contributed by atoms with van der Waals surface area (Å²) in [6.07, 6.45) is 1.34. The Morgan fingerprint density at radius 2 is 2.14 bits per heavy atom. The molecule has 0 saturated carbocycles. The highest BCUT2D eigenvalue weighted by Crippen LogP contribution is 2.19. The van der Waals surface area contributed by atoms with Crippen LogP contribution >= 0.6 is 0 Å². The maximum Gasteiger partial charge on any atom is 0.341 e. The van der Waals surface area contributed by atoms with Gasteiger partial charge in [0.25, 0.3) is 0 Å². The summed E-state index contributed by atoms with van der Waals surface area (Å²) in [5.74, 6) is -0.624. The molecule has 6 heteroatoms. The molecule has 2 N–H and O–H groups in total. The highest BCUT2D eigenvalue weighted by Gasteiger charge is 2.24. The summed E-state index contributed by atoms with van der Waals surface area (Å²) < 4.78 is 10.4. The lowest BCUT2D eigenvalue weighted by Gasteiger charge is -2.17. The summed E-state index contributed by atoms with van der Waals surface area (Å²) in [6, 6.07) is 6.84. The van der Waals surface area contributed by atoms with E-state index < -0.39 is 5.97 Å². The Hall–Kier alpha value is -2.08.